The lowest BCUT2D eigenvalue weighted by molar-refractivity contribution is 0.357. The van der Waals surface area contributed by atoms with Crippen molar-refractivity contribution >= 4 is 16.7 Å². The van der Waals surface area contributed by atoms with Crippen LogP contribution in [0.15, 0.2) is 42.5 Å². The van der Waals surface area contributed by atoms with Gasteiger partial charge in [0.25, 0.3) is 0 Å². The maximum Gasteiger partial charge on any atom is 0.159 e. The number of benzene rings is 2. The van der Waals surface area contributed by atoms with Gasteiger partial charge in [-0.25, -0.2) is 4.98 Å². The summed E-state index contributed by atoms with van der Waals surface area (Å²) in [4.78, 5) is 10.9. The van der Waals surface area contributed by atoms with Crippen LogP contribution in [-0.4, -0.2) is 47.5 Å². The highest BCUT2D eigenvalue weighted by Crippen LogP contribution is 2.32. The smallest absolute Gasteiger partial charge is 0.159 e. The zero-order valence-corrected chi connectivity index (χ0v) is 20.4. The van der Waals surface area contributed by atoms with Crippen molar-refractivity contribution in [2.24, 2.45) is 11.8 Å². The van der Waals surface area contributed by atoms with E-state index >= 15 is 0 Å². The second kappa shape index (κ2) is 9.41. The molecule has 0 spiro atoms. The maximum atomic E-state index is 5.39. The number of ether oxygens (including phenoxy) is 2. The molecule has 2 N–H and O–H groups in total. The third-order valence-electron chi connectivity index (χ3n) is 6.67. The molecule has 1 fully saturated rings. The van der Waals surface area contributed by atoms with E-state index in [4.69, 9.17) is 14.5 Å². The van der Waals surface area contributed by atoms with E-state index in [0.717, 1.165) is 71.2 Å². The average Bonchev–Trinajstić information content (AvgIpc) is 3.48. The number of hydrogen-bond acceptors (Lipinski definition) is 5. The van der Waals surface area contributed by atoms with Crippen molar-refractivity contribution in [1.82, 2.24) is 20.2 Å². The molecule has 0 amide bonds. The summed E-state index contributed by atoms with van der Waals surface area (Å²) in [7, 11) is 3.34. The number of aromatic nitrogens is 4. The first-order valence-corrected chi connectivity index (χ1v) is 12.0. The molecule has 2 aromatic heterocycles. The molecule has 0 bridgehead atoms. The van der Waals surface area contributed by atoms with Crippen LogP contribution in [0.5, 0.6) is 11.5 Å². The van der Waals surface area contributed by atoms with Gasteiger partial charge in [-0.1, -0.05) is 19.9 Å². The van der Waals surface area contributed by atoms with Gasteiger partial charge in [-0.15, -0.1) is 0 Å². The molecule has 4 aromatic rings. The molecule has 178 valence electrons. The van der Waals surface area contributed by atoms with Crippen LogP contribution in [-0.2, 0) is 12.8 Å². The number of rotatable bonds is 7. The van der Waals surface area contributed by atoms with E-state index in [1.54, 1.807) is 14.2 Å². The summed E-state index contributed by atoms with van der Waals surface area (Å²) < 4.78 is 10.8. The molecule has 1 saturated heterocycles. The van der Waals surface area contributed by atoms with Crippen molar-refractivity contribution in [2.75, 3.05) is 32.2 Å². The van der Waals surface area contributed by atoms with E-state index in [9.17, 15) is 0 Å². The van der Waals surface area contributed by atoms with Gasteiger partial charge in [0.05, 0.1) is 25.4 Å². The lowest BCUT2D eigenvalue weighted by atomic mass is 9.91. The minimum absolute atomic E-state index is 0.691. The first-order chi connectivity index (χ1) is 16.5. The Labute approximate surface area is 200 Å². The number of nitrogens with zero attached hydrogens (tertiary/aromatic N) is 3. The Bertz CT molecular complexity index is 1250. The van der Waals surface area contributed by atoms with Gasteiger partial charge >= 0.3 is 0 Å². The first-order valence-electron chi connectivity index (χ1n) is 12.0. The van der Waals surface area contributed by atoms with Gasteiger partial charge in [-0.05, 0) is 67.0 Å². The van der Waals surface area contributed by atoms with Gasteiger partial charge in [-0.2, -0.15) is 5.10 Å². The third kappa shape index (κ3) is 4.60. The standard InChI is InChI=1S/C27H33N5O2/c1-17-10-18(2)16-32(15-17)25-7-5-6-23-26(25)29-27(28-23)24-13-20(30-31-24)9-8-19-11-21(33-3)14-22(12-19)34-4/h5-7,11-14,17-18H,8-10,15-16H2,1-4H3,(H,28,29)(H,30,31)/t17-,18+. The molecule has 5 rings (SSSR count). The van der Waals surface area contributed by atoms with Crippen molar-refractivity contribution < 1.29 is 9.47 Å². The number of nitrogens with one attached hydrogen (secondary N) is 2. The van der Waals surface area contributed by atoms with Gasteiger partial charge in [0, 0.05) is 24.8 Å². The van der Waals surface area contributed by atoms with Crippen LogP contribution in [0, 0.1) is 11.8 Å². The zero-order valence-electron chi connectivity index (χ0n) is 20.4. The second-order valence-corrected chi connectivity index (χ2v) is 9.61. The molecule has 3 heterocycles. The van der Waals surface area contributed by atoms with E-state index < -0.39 is 0 Å². The van der Waals surface area contributed by atoms with Gasteiger partial charge in [0.2, 0.25) is 0 Å². The molecule has 7 nitrogen and oxygen atoms in total. The normalized spacial score (nSPS) is 18.4. The lowest BCUT2D eigenvalue weighted by Gasteiger charge is -2.36. The SMILES string of the molecule is COc1cc(CCc2cc(-c3nc4c(N5C[C@H](C)C[C@H](C)C5)cccc4[nH]3)n[nH]2)cc(OC)c1. The van der Waals surface area contributed by atoms with E-state index in [2.05, 4.69) is 58.2 Å². The predicted octanol–water partition coefficient (Wildman–Crippen LogP) is 5.24. The Morgan fingerprint density at radius 2 is 1.71 bits per heavy atom. The summed E-state index contributed by atoms with van der Waals surface area (Å²) in [6.45, 7) is 6.83. The van der Waals surface area contributed by atoms with Crippen LogP contribution >= 0.6 is 0 Å². The third-order valence-corrected chi connectivity index (χ3v) is 6.67. The molecule has 0 aliphatic carbocycles. The van der Waals surface area contributed by atoms with Crippen LogP contribution in [0.1, 0.15) is 31.5 Å². The molecule has 0 saturated carbocycles. The average molecular weight is 460 g/mol. The quantitative estimate of drug-likeness (QED) is 0.395. The molecule has 2 aromatic carbocycles. The first kappa shape index (κ1) is 22.3. The number of methoxy groups -OCH3 is 2. The van der Waals surface area contributed by atoms with E-state index in [1.165, 1.54) is 12.1 Å². The molecular weight excluding hydrogens is 426 g/mol. The zero-order chi connectivity index (χ0) is 23.7. The van der Waals surface area contributed by atoms with E-state index in [1.807, 2.05) is 18.2 Å². The number of anilines is 1. The van der Waals surface area contributed by atoms with E-state index in [0.29, 0.717) is 11.8 Å². The molecule has 7 heteroatoms. The van der Waals surface area contributed by atoms with Gasteiger partial charge in [0.15, 0.2) is 5.82 Å². The van der Waals surface area contributed by atoms with Gasteiger partial charge in [0.1, 0.15) is 22.7 Å². The Kier molecular flexibility index (Phi) is 6.18. The second-order valence-electron chi connectivity index (χ2n) is 9.61. The van der Waals surface area contributed by atoms with Crippen molar-refractivity contribution in [1.29, 1.82) is 0 Å². The predicted molar refractivity (Wildman–Crippen MR) is 136 cm³/mol. The van der Waals surface area contributed by atoms with Crippen molar-refractivity contribution in [3.63, 3.8) is 0 Å². The molecule has 34 heavy (non-hydrogen) atoms. The summed E-state index contributed by atoms with van der Waals surface area (Å²) in [5, 5.41) is 7.73. The fourth-order valence-corrected chi connectivity index (χ4v) is 5.15. The number of fused-ring (bicyclic) bond motifs is 1. The van der Waals surface area contributed by atoms with Crippen molar-refractivity contribution in [2.45, 2.75) is 33.1 Å². The number of piperidine rings is 1. The van der Waals surface area contributed by atoms with Crippen LogP contribution in [0.25, 0.3) is 22.6 Å². The Morgan fingerprint density at radius 3 is 2.41 bits per heavy atom. The summed E-state index contributed by atoms with van der Waals surface area (Å²) in [5.74, 6) is 3.78. The highest BCUT2D eigenvalue weighted by molar-refractivity contribution is 5.90. The summed E-state index contributed by atoms with van der Waals surface area (Å²) in [5.41, 5.74) is 6.34. The summed E-state index contributed by atoms with van der Waals surface area (Å²) in [6, 6.07) is 14.5. The van der Waals surface area contributed by atoms with Gasteiger partial charge in [-0.3, -0.25) is 5.10 Å². The van der Waals surface area contributed by atoms with Crippen LogP contribution < -0.4 is 14.4 Å². The molecular formula is C27H33N5O2. The van der Waals surface area contributed by atoms with Crippen LogP contribution in [0.4, 0.5) is 5.69 Å². The number of imidazole rings is 1. The van der Waals surface area contributed by atoms with Crippen molar-refractivity contribution in [3.8, 4) is 23.0 Å². The van der Waals surface area contributed by atoms with Crippen molar-refractivity contribution in [3.05, 3.63) is 53.7 Å². The summed E-state index contributed by atoms with van der Waals surface area (Å²) in [6.07, 6.45) is 2.97. The number of hydrogen-bond donors (Lipinski definition) is 2. The fraction of sp³-hybridized carbons (Fsp3) is 0.407. The fourth-order valence-electron chi connectivity index (χ4n) is 5.15. The highest BCUT2D eigenvalue weighted by Gasteiger charge is 2.24. The van der Waals surface area contributed by atoms with Gasteiger partial charge < -0.3 is 19.4 Å². The van der Waals surface area contributed by atoms with E-state index in [-0.39, 0.29) is 0 Å². The molecule has 0 unspecified atom stereocenters. The Hall–Kier alpha value is -3.48. The molecule has 2 atom stereocenters. The number of H-pyrrole nitrogens is 2. The minimum atomic E-state index is 0.691. The topological polar surface area (TPSA) is 79.1 Å². The molecule has 1 aliphatic heterocycles. The number of aryl methyl sites for hydroxylation is 2. The molecule has 0 radical (unpaired) electrons. The van der Waals surface area contributed by atoms with Crippen LogP contribution in [0.3, 0.4) is 0 Å². The lowest BCUT2D eigenvalue weighted by Crippen LogP contribution is -2.38. The highest BCUT2D eigenvalue weighted by atomic mass is 16.5. The minimum Gasteiger partial charge on any atom is -0.497 e. The van der Waals surface area contributed by atoms with Crippen LogP contribution in [0.2, 0.25) is 0 Å². The molecule has 1 aliphatic rings. The monoisotopic (exact) mass is 459 g/mol. The Balaban J connectivity index is 1.35. The summed E-state index contributed by atoms with van der Waals surface area (Å²) >= 11 is 0. The number of para-hydroxylation sites is 1. The Morgan fingerprint density at radius 1 is 0.971 bits per heavy atom. The largest absolute Gasteiger partial charge is 0.497 e. The number of aromatic amines is 2. The maximum absolute atomic E-state index is 5.39.